The number of fused-ring (bicyclic) bond motifs is 1. The van der Waals surface area contributed by atoms with Gasteiger partial charge < -0.3 is 9.67 Å². The maximum atomic E-state index is 9.64. The lowest BCUT2D eigenvalue weighted by Crippen LogP contribution is -2.00. The van der Waals surface area contributed by atoms with Gasteiger partial charge in [-0.2, -0.15) is 0 Å². The predicted octanol–water partition coefficient (Wildman–Crippen LogP) is 2.99. The van der Waals surface area contributed by atoms with Crippen molar-refractivity contribution in [1.29, 1.82) is 0 Å². The van der Waals surface area contributed by atoms with Gasteiger partial charge >= 0.3 is 0 Å². The molecule has 1 aromatic heterocycles. The number of para-hydroxylation sites is 1. The van der Waals surface area contributed by atoms with Crippen LogP contribution < -0.4 is 0 Å². The summed E-state index contributed by atoms with van der Waals surface area (Å²) < 4.78 is 3.01. The Balaban J connectivity index is 2.85. The van der Waals surface area contributed by atoms with E-state index < -0.39 is 6.10 Å². The third kappa shape index (κ3) is 1.28. The fraction of sp³-hybridized carbons (Fsp3) is 0.273. The first-order valence-corrected chi connectivity index (χ1v) is 5.33. The smallest absolute Gasteiger partial charge is 0.0923 e. The maximum absolute atomic E-state index is 9.64. The monoisotopic (exact) mass is 253 g/mol. The van der Waals surface area contributed by atoms with E-state index in [0.717, 1.165) is 21.1 Å². The molecule has 0 spiro atoms. The van der Waals surface area contributed by atoms with Gasteiger partial charge in [-0.25, -0.2) is 0 Å². The summed E-state index contributed by atoms with van der Waals surface area (Å²) in [7, 11) is 1.97. The highest BCUT2D eigenvalue weighted by atomic mass is 79.9. The molecule has 74 valence electrons. The molecule has 0 aliphatic rings. The lowest BCUT2D eigenvalue weighted by Gasteiger charge is -2.07. The molecule has 0 bridgehead atoms. The Morgan fingerprint density at radius 3 is 2.57 bits per heavy atom. The molecule has 1 N–H and O–H groups in total. The third-order valence-corrected chi connectivity index (χ3v) is 3.32. The third-order valence-electron chi connectivity index (χ3n) is 2.48. The van der Waals surface area contributed by atoms with E-state index in [1.807, 2.05) is 35.9 Å². The Hall–Kier alpha value is -0.800. The minimum absolute atomic E-state index is 0.457. The Morgan fingerprint density at radius 2 is 2.00 bits per heavy atom. The van der Waals surface area contributed by atoms with Gasteiger partial charge in [-0.1, -0.05) is 18.2 Å². The molecular formula is C11H12BrNO. The number of aromatic nitrogens is 1. The molecule has 0 aliphatic carbocycles. The first-order valence-electron chi connectivity index (χ1n) is 4.53. The second-order valence-electron chi connectivity index (χ2n) is 3.45. The topological polar surface area (TPSA) is 25.2 Å². The van der Waals surface area contributed by atoms with E-state index >= 15 is 0 Å². The minimum atomic E-state index is -0.457. The van der Waals surface area contributed by atoms with Crippen molar-refractivity contribution < 1.29 is 5.11 Å². The van der Waals surface area contributed by atoms with Gasteiger partial charge in [0.25, 0.3) is 0 Å². The van der Waals surface area contributed by atoms with Gasteiger partial charge in [-0.15, -0.1) is 0 Å². The Bertz CT molecular complexity index is 434. The lowest BCUT2D eigenvalue weighted by atomic mass is 10.2. The summed E-state index contributed by atoms with van der Waals surface area (Å²) in [4.78, 5) is 0. The van der Waals surface area contributed by atoms with E-state index in [9.17, 15) is 5.11 Å². The molecule has 2 aromatic rings. The van der Waals surface area contributed by atoms with E-state index in [0.29, 0.717) is 0 Å². The minimum Gasteiger partial charge on any atom is -0.387 e. The first kappa shape index (κ1) is 9.74. The molecule has 3 heteroatoms. The van der Waals surface area contributed by atoms with Crippen molar-refractivity contribution in [2.75, 3.05) is 0 Å². The van der Waals surface area contributed by atoms with E-state index in [4.69, 9.17) is 0 Å². The summed E-state index contributed by atoms with van der Waals surface area (Å²) >= 11 is 3.52. The van der Waals surface area contributed by atoms with Gasteiger partial charge in [0.2, 0.25) is 0 Å². The number of halogens is 1. The lowest BCUT2D eigenvalue weighted by molar-refractivity contribution is 0.190. The number of aryl methyl sites for hydroxylation is 1. The van der Waals surface area contributed by atoms with Crippen molar-refractivity contribution in [3.05, 3.63) is 34.4 Å². The molecule has 1 atom stereocenters. The molecule has 0 aliphatic heterocycles. The highest BCUT2D eigenvalue weighted by Gasteiger charge is 2.15. The van der Waals surface area contributed by atoms with Gasteiger partial charge in [0.15, 0.2) is 0 Å². The summed E-state index contributed by atoms with van der Waals surface area (Å²) in [5.41, 5.74) is 2.06. The number of aliphatic hydroxyl groups excluding tert-OH is 1. The number of benzene rings is 1. The van der Waals surface area contributed by atoms with Crippen LogP contribution in [-0.2, 0) is 7.05 Å². The summed E-state index contributed by atoms with van der Waals surface area (Å²) in [6.45, 7) is 1.78. The van der Waals surface area contributed by atoms with Gasteiger partial charge in [0.05, 0.1) is 11.8 Å². The number of hydrogen-bond donors (Lipinski definition) is 1. The molecule has 0 unspecified atom stereocenters. The van der Waals surface area contributed by atoms with Crippen molar-refractivity contribution in [3.8, 4) is 0 Å². The van der Waals surface area contributed by atoms with Gasteiger partial charge in [-0.3, -0.25) is 0 Å². The number of hydrogen-bond acceptors (Lipinski definition) is 1. The van der Waals surface area contributed by atoms with Gasteiger partial charge in [0.1, 0.15) is 0 Å². The molecule has 0 saturated heterocycles. The molecule has 0 fully saturated rings. The first-order chi connectivity index (χ1) is 6.63. The Kier molecular flexibility index (Phi) is 2.37. The van der Waals surface area contributed by atoms with Crippen molar-refractivity contribution >= 4 is 26.8 Å². The van der Waals surface area contributed by atoms with Crippen LogP contribution in [0.5, 0.6) is 0 Å². The summed E-state index contributed by atoms with van der Waals surface area (Å²) in [5, 5.41) is 10.8. The van der Waals surface area contributed by atoms with E-state index in [-0.39, 0.29) is 0 Å². The van der Waals surface area contributed by atoms with E-state index in [2.05, 4.69) is 15.9 Å². The van der Waals surface area contributed by atoms with Crippen molar-refractivity contribution in [3.63, 3.8) is 0 Å². The zero-order chi connectivity index (χ0) is 10.3. The number of rotatable bonds is 1. The average Bonchev–Trinajstić information content (AvgIpc) is 2.41. The summed E-state index contributed by atoms with van der Waals surface area (Å²) in [5.74, 6) is 0. The van der Waals surface area contributed by atoms with Gasteiger partial charge in [0, 0.05) is 22.4 Å². The SMILES string of the molecule is C[C@@H](O)c1c(Br)c2ccccc2n1C. The molecule has 0 saturated carbocycles. The molecule has 0 amide bonds. The fourth-order valence-electron chi connectivity index (χ4n) is 1.83. The fourth-order valence-corrected chi connectivity index (χ4v) is 2.76. The zero-order valence-corrected chi connectivity index (χ0v) is 9.75. The molecule has 1 aromatic carbocycles. The Morgan fingerprint density at radius 1 is 1.36 bits per heavy atom. The van der Waals surface area contributed by atoms with Crippen LogP contribution in [0.3, 0.4) is 0 Å². The highest BCUT2D eigenvalue weighted by molar-refractivity contribution is 9.10. The highest BCUT2D eigenvalue weighted by Crippen LogP contribution is 2.33. The van der Waals surface area contributed by atoms with E-state index in [1.165, 1.54) is 0 Å². The molecule has 1 heterocycles. The van der Waals surface area contributed by atoms with Crippen LogP contribution in [0.4, 0.5) is 0 Å². The van der Waals surface area contributed by atoms with Crippen LogP contribution in [0.25, 0.3) is 10.9 Å². The number of aliphatic hydroxyl groups is 1. The summed E-state index contributed by atoms with van der Waals surface area (Å²) in [6, 6.07) is 8.09. The second kappa shape index (κ2) is 3.41. The van der Waals surface area contributed by atoms with Crippen molar-refractivity contribution in [2.45, 2.75) is 13.0 Å². The van der Waals surface area contributed by atoms with Crippen molar-refractivity contribution in [2.24, 2.45) is 7.05 Å². The van der Waals surface area contributed by atoms with Crippen LogP contribution >= 0.6 is 15.9 Å². The van der Waals surface area contributed by atoms with E-state index in [1.54, 1.807) is 6.92 Å². The van der Waals surface area contributed by atoms with Crippen molar-refractivity contribution in [1.82, 2.24) is 4.57 Å². The maximum Gasteiger partial charge on any atom is 0.0923 e. The summed E-state index contributed by atoms with van der Waals surface area (Å²) in [6.07, 6.45) is -0.457. The molecule has 2 nitrogen and oxygen atoms in total. The molecule has 14 heavy (non-hydrogen) atoms. The normalized spacial score (nSPS) is 13.4. The zero-order valence-electron chi connectivity index (χ0n) is 8.16. The molecule has 2 rings (SSSR count). The van der Waals surface area contributed by atoms with Crippen LogP contribution in [0.1, 0.15) is 18.7 Å². The largest absolute Gasteiger partial charge is 0.387 e. The Labute approximate surface area is 91.3 Å². The predicted molar refractivity (Wildman–Crippen MR) is 61.3 cm³/mol. The van der Waals surface area contributed by atoms with Gasteiger partial charge in [-0.05, 0) is 28.9 Å². The quantitative estimate of drug-likeness (QED) is 0.831. The average molecular weight is 254 g/mol. The number of nitrogens with zero attached hydrogens (tertiary/aromatic N) is 1. The van der Waals surface area contributed by atoms with Crippen LogP contribution in [0.15, 0.2) is 28.7 Å². The molecule has 0 radical (unpaired) electrons. The van der Waals surface area contributed by atoms with Crippen LogP contribution in [0.2, 0.25) is 0 Å². The molecular weight excluding hydrogens is 242 g/mol. The van der Waals surface area contributed by atoms with Crippen LogP contribution in [-0.4, -0.2) is 9.67 Å². The van der Waals surface area contributed by atoms with Crippen LogP contribution in [0, 0.1) is 0 Å². The standard InChI is InChI=1S/C11H12BrNO/c1-7(14)11-10(12)8-5-3-4-6-9(8)13(11)2/h3-7,14H,1-2H3/t7-/m1/s1. The second-order valence-corrected chi connectivity index (χ2v) is 4.24.